The summed E-state index contributed by atoms with van der Waals surface area (Å²) in [5.74, 6) is -5.61. The van der Waals surface area contributed by atoms with Crippen LogP contribution in [-0.4, -0.2) is 81.7 Å². The van der Waals surface area contributed by atoms with Gasteiger partial charge in [0.1, 0.15) is 17.8 Å². The fourth-order valence-electron chi connectivity index (χ4n) is 6.08. The Balaban J connectivity index is 1.52. The number of aliphatic hydroxyl groups excluding tert-OH is 2. The number of benzene rings is 1. The second-order valence-electron chi connectivity index (χ2n) is 10.7. The molecule has 1 aromatic carbocycles. The van der Waals surface area contributed by atoms with Crippen molar-refractivity contribution < 1.29 is 43.4 Å². The Bertz CT molecular complexity index is 899. The highest BCUT2D eigenvalue weighted by molar-refractivity contribution is 5.25. The van der Waals surface area contributed by atoms with Gasteiger partial charge >= 0.3 is 0 Å². The summed E-state index contributed by atoms with van der Waals surface area (Å²) in [5.41, 5.74) is -0.980. The number of rotatable bonds is 7. The highest BCUT2D eigenvalue weighted by atomic mass is 19.3. The van der Waals surface area contributed by atoms with Crippen molar-refractivity contribution in [1.82, 2.24) is 5.32 Å². The van der Waals surface area contributed by atoms with Crippen molar-refractivity contribution in [1.29, 1.82) is 0 Å². The van der Waals surface area contributed by atoms with Gasteiger partial charge in [0.2, 0.25) is 12.1 Å². The molecule has 0 aromatic heterocycles. The van der Waals surface area contributed by atoms with Crippen molar-refractivity contribution in [3.8, 4) is 0 Å². The number of ether oxygens (including phenoxy) is 3. The molecular weight excluding hydrogens is 476 g/mol. The molecule has 0 radical (unpaired) electrons. The number of aryl methyl sites for hydroxylation is 1. The van der Waals surface area contributed by atoms with Crippen LogP contribution in [0, 0.1) is 5.92 Å². The molecule has 2 heterocycles. The quantitative estimate of drug-likeness (QED) is 0.373. The van der Waals surface area contributed by atoms with Crippen molar-refractivity contribution in [2.45, 2.75) is 113 Å². The van der Waals surface area contributed by atoms with E-state index in [9.17, 15) is 29.2 Å². The number of hydrogen-bond donors (Lipinski definition) is 5. The maximum Gasteiger partial charge on any atom is 0.270 e. The van der Waals surface area contributed by atoms with E-state index in [4.69, 9.17) is 14.2 Å². The van der Waals surface area contributed by atoms with Crippen LogP contribution in [0.5, 0.6) is 0 Å². The Morgan fingerprint density at radius 1 is 1.08 bits per heavy atom. The van der Waals surface area contributed by atoms with E-state index < -0.39 is 66.1 Å². The summed E-state index contributed by atoms with van der Waals surface area (Å²) in [5, 5.41) is 48.2. The summed E-state index contributed by atoms with van der Waals surface area (Å²) >= 11 is 0. The molecule has 1 saturated carbocycles. The molecule has 1 aliphatic carbocycles. The molecule has 204 valence electrons. The maximum atomic E-state index is 13.5. The Morgan fingerprint density at radius 2 is 1.75 bits per heavy atom. The second-order valence-corrected chi connectivity index (χ2v) is 10.7. The summed E-state index contributed by atoms with van der Waals surface area (Å²) in [6.45, 7) is 4.47. The van der Waals surface area contributed by atoms with Crippen LogP contribution in [0.1, 0.15) is 57.6 Å². The van der Waals surface area contributed by atoms with Gasteiger partial charge in [-0.15, -0.1) is 0 Å². The van der Waals surface area contributed by atoms with E-state index >= 15 is 0 Å². The molecule has 3 fully saturated rings. The van der Waals surface area contributed by atoms with Gasteiger partial charge in [0.15, 0.2) is 0 Å². The smallest absolute Gasteiger partial charge is 0.270 e. The van der Waals surface area contributed by atoms with Crippen molar-refractivity contribution >= 4 is 0 Å². The van der Waals surface area contributed by atoms with E-state index in [0.717, 1.165) is 12.5 Å². The third-order valence-corrected chi connectivity index (χ3v) is 8.14. The van der Waals surface area contributed by atoms with Gasteiger partial charge in [0, 0.05) is 24.8 Å². The average Bonchev–Trinajstić information content (AvgIpc) is 2.80. The number of halogens is 2. The molecule has 2 aliphatic heterocycles. The molecule has 10 atom stereocenters. The third kappa shape index (κ3) is 4.82. The maximum absolute atomic E-state index is 13.5. The molecule has 5 N–H and O–H groups in total. The first-order valence-corrected chi connectivity index (χ1v) is 12.8. The van der Waals surface area contributed by atoms with E-state index in [1.807, 2.05) is 6.92 Å². The number of nitrogens with one attached hydrogen (secondary N) is 1. The second kappa shape index (κ2) is 10.1. The van der Waals surface area contributed by atoms with Crippen LogP contribution in [0.4, 0.5) is 8.78 Å². The fraction of sp³-hybridized carbons (Fsp3) is 0.769. The predicted octanol–water partition coefficient (Wildman–Crippen LogP) is 1.81. The lowest BCUT2D eigenvalue weighted by atomic mass is 9.73. The van der Waals surface area contributed by atoms with Gasteiger partial charge in [0.05, 0.1) is 24.4 Å². The topological polar surface area (TPSA) is 121 Å². The monoisotopic (exact) mass is 515 g/mol. The lowest BCUT2D eigenvalue weighted by Gasteiger charge is -2.60. The van der Waals surface area contributed by atoms with Crippen LogP contribution in [0.2, 0.25) is 0 Å². The van der Waals surface area contributed by atoms with E-state index in [-0.39, 0.29) is 18.4 Å². The number of fused-ring (bicyclic) bond motifs is 2. The minimum absolute atomic E-state index is 0.0659. The lowest BCUT2D eigenvalue weighted by Crippen LogP contribution is -2.78. The van der Waals surface area contributed by atoms with Gasteiger partial charge in [0.25, 0.3) is 5.92 Å². The number of alkyl halides is 2. The summed E-state index contributed by atoms with van der Waals surface area (Å²) in [6, 6.07) is 5.41. The highest BCUT2D eigenvalue weighted by Crippen LogP contribution is 2.49. The molecule has 0 amide bonds. The Kier molecular flexibility index (Phi) is 7.83. The van der Waals surface area contributed by atoms with Crippen molar-refractivity contribution in [3.05, 3.63) is 35.4 Å². The molecule has 2 saturated heterocycles. The number of likely N-dealkylation sites (N-methyl/N-ethyl adjacent to an activating group) is 1. The lowest BCUT2D eigenvalue weighted by molar-refractivity contribution is -0.485. The molecule has 3 aliphatic rings. The predicted molar refractivity (Wildman–Crippen MR) is 126 cm³/mol. The van der Waals surface area contributed by atoms with Crippen LogP contribution in [0.15, 0.2) is 24.3 Å². The standard InChI is InChI=1S/C26H39F2NO7/c1-5-17-19(30)18(29-4)21-22(20(17)31)35-23-26(33,36-21)25(32,13-14(2)34-23)12-6-7-15-8-10-16(11-9-15)24(3,27)28/h8-11,14,17-23,29-33H,5-7,12-13H2,1-4H3/t14-,17-,18+,19+,20+,21-,22-,23+,25+,26-/m1/s1. The van der Waals surface area contributed by atoms with Crippen molar-refractivity contribution in [2.24, 2.45) is 5.92 Å². The van der Waals surface area contributed by atoms with Gasteiger partial charge in [-0.05, 0) is 45.2 Å². The average molecular weight is 516 g/mol. The normalized spacial score (nSPS) is 43.1. The van der Waals surface area contributed by atoms with Gasteiger partial charge in [-0.25, -0.2) is 8.78 Å². The van der Waals surface area contributed by atoms with Crippen LogP contribution >= 0.6 is 0 Å². The zero-order chi connectivity index (χ0) is 26.5. The molecule has 0 spiro atoms. The minimum atomic E-state index is -2.91. The first kappa shape index (κ1) is 27.8. The van der Waals surface area contributed by atoms with Crippen LogP contribution < -0.4 is 5.32 Å². The first-order chi connectivity index (χ1) is 16.8. The van der Waals surface area contributed by atoms with Gasteiger partial charge < -0.3 is 40.0 Å². The summed E-state index contributed by atoms with van der Waals surface area (Å²) in [7, 11) is 1.65. The van der Waals surface area contributed by atoms with Crippen molar-refractivity contribution in [3.63, 3.8) is 0 Å². The molecule has 10 heteroatoms. The van der Waals surface area contributed by atoms with Crippen LogP contribution in [-0.2, 0) is 26.6 Å². The van der Waals surface area contributed by atoms with E-state index in [1.165, 1.54) is 12.1 Å². The Morgan fingerprint density at radius 3 is 2.33 bits per heavy atom. The zero-order valence-corrected chi connectivity index (χ0v) is 21.2. The van der Waals surface area contributed by atoms with Crippen molar-refractivity contribution in [2.75, 3.05) is 7.05 Å². The first-order valence-electron chi connectivity index (χ1n) is 12.8. The molecular formula is C26H39F2NO7. The molecule has 36 heavy (non-hydrogen) atoms. The SMILES string of the molecule is CC[C@@H]1[C@H](O)[C@H](NC)[C@H]2O[C@]3(O)[C@H](O[C@@H]2[C@H]1O)O[C@H](C)C[C@@]3(O)CCCc1ccc(C(C)(F)F)cc1. The van der Waals surface area contributed by atoms with Gasteiger partial charge in [-0.2, -0.15) is 0 Å². The minimum Gasteiger partial charge on any atom is -0.391 e. The molecule has 4 rings (SSSR count). The van der Waals surface area contributed by atoms with Gasteiger partial charge in [-0.1, -0.05) is 31.2 Å². The number of aliphatic hydroxyl groups is 4. The van der Waals surface area contributed by atoms with Crippen LogP contribution in [0.3, 0.4) is 0 Å². The highest BCUT2D eigenvalue weighted by Gasteiger charge is 2.68. The van der Waals surface area contributed by atoms with E-state index in [0.29, 0.717) is 19.3 Å². The van der Waals surface area contributed by atoms with Crippen LogP contribution in [0.25, 0.3) is 0 Å². The molecule has 0 unspecified atom stereocenters. The summed E-state index contributed by atoms with van der Waals surface area (Å²) < 4.78 is 45.0. The molecule has 0 bridgehead atoms. The summed E-state index contributed by atoms with van der Waals surface area (Å²) in [4.78, 5) is 0. The van der Waals surface area contributed by atoms with E-state index in [1.54, 1.807) is 26.1 Å². The molecule has 1 aromatic rings. The fourth-order valence-corrected chi connectivity index (χ4v) is 6.08. The van der Waals surface area contributed by atoms with E-state index in [2.05, 4.69) is 5.32 Å². The summed E-state index contributed by atoms with van der Waals surface area (Å²) in [6.07, 6.45) is -3.93. The molecule has 8 nitrogen and oxygen atoms in total. The van der Waals surface area contributed by atoms with Gasteiger partial charge in [-0.3, -0.25) is 0 Å². The third-order valence-electron chi connectivity index (χ3n) is 8.14. The Labute approximate surface area is 210 Å². The number of hydrogen-bond acceptors (Lipinski definition) is 8. The Hall–Kier alpha value is -1.24. The zero-order valence-electron chi connectivity index (χ0n) is 21.2. The largest absolute Gasteiger partial charge is 0.391 e.